The Labute approximate surface area is 119 Å². The van der Waals surface area contributed by atoms with Gasteiger partial charge in [-0.3, -0.25) is 0 Å². The SMILES string of the molecule is CCCN(C1CC1)S(=O)(=O)c1cc(CO)cc(F)c1C. The van der Waals surface area contributed by atoms with Gasteiger partial charge in [-0.05, 0) is 43.9 Å². The molecule has 6 heteroatoms. The maximum Gasteiger partial charge on any atom is 0.243 e. The Morgan fingerprint density at radius 2 is 2.05 bits per heavy atom. The molecule has 0 spiro atoms. The Hall–Kier alpha value is -0.980. The standard InChI is InChI=1S/C14H20FNO3S/c1-3-6-16(12-4-5-12)20(18,19)14-8-11(9-17)7-13(15)10(14)2/h7-8,12,17H,3-6,9H2,1-2H3. The largest absolute Gasteiger partial charge is 0.392 e. The van der Waals surface area contributed by atoms with Crippen LogP contribution < -0.4 is 0 Å². The topological polar surface area (TPSA) is 57.6 Å². The third kappa shape index (κ3) is 2.87. The van der Waals surface area contributed by atoms with Crippen LogP contribution in [0.5, 0.6) is 0 Å². The first-order valence-electron chi connectivity index (χ1n) is 6.83. The summed E-state index contributed by atoms with van der Waals surface area (Å²) >= 11 is 0. The lowest BCUT2D eigenvalue weighted by Crippen LogP contribution is -2.34. The zero-order valence-electron chi connectivity index (χ0n) is 11.8. The highest BCUT2D eigenvalue weighted by molar-refractivity contribution is 7.89. The van der Waals surface area contributed by atoms with E-state index in [0.717, 1.165) is 19.3 Å². The first-order valence-corrected chi connectivity index (χ1v) is 8.27. The van der Waals surface area contributed by atoms with Crippen molar-refractivity contribution < 1.29 is 17.9 Å². The molecular formula is C14H20FNO3S. The molecule has 112 valence electrons. The van der Waals surface area contributed by atoms with Gasteiger partial charge in [-0.25, -0.2) is 12.8 Å². The highest BCUT2D eigenvalue weighted by Gasteiger charge is 2.38. The zero-order chi connectivity index (χ0) is 14.9. The molecule has 1 fully saturated rings. The number of aliphatic hydroxyl groups excluding tert-OH is 1. The molecule has 0 radical (unpaired) electrons. The minimum atomic E-state index is -3.70. The number of halogens is 1. The Morgan fingerprint density at radius 1 is 1.40 bits per heavy atom. The molecular weight excluding hydrogens is 281 g/mol. The van der Waals surface area contributed by atoms with Crippen molar-refractivity contribution in [3.8, 4) is 0 Å². The van der Waals surface area contributed by atoms with Gasteiger partial charge in [0.25, 0.3) is 0 Å². The number of hydrogen-bond donors (Lipinski definition) is 1. The van der Waals surface area contributed by atoms with Crippen LogP contribution >= 0.6 is 0 Å². The van der Waals surface area contributed by atoms with Gasteiger partial charge in [-0.15, -0.1) is 0 Å². The summed E-state index contributed by atoms with van der Waals surface area (Å²) in [4.78, 5) is -0.0260. The lowest BCUT2D eigenvalue weighted by Gasteiger charge is -2.22. The fraction of sp³-hybridized carbons (Fsp3) is 0.571. The number of sulfonamides is 1. The molecule has 0 atom stereocenters. The van der Waals surface area contributed by atoms with Crippen molar-refractivity contribution in [3.63, 3.8) is 0 Å². The molecule has 1 aromatic rings. The lowest BCUT2D eigenvalue weighted by molar-refractivity contribution is 0.280. The molecule has 0 aromatic heterocycles. The van der Waals surface area contributed by atoms with Gasteiger partial charge in [0.1, 0.15) is 5.82 Å². The van der Waals surface area contributed by atoms with Crippen LogP contribution in [0.15, 0.2) is 17.0 Å². The number of rotatable bonds is 6. The second-order valence-electron chi connectivity index (χ2n) is 5.21. The van der Waals surface area contributed by atoms with Gasteiger partial charge in [0.2, 0.25) is 10.0 Å². The fourth-order valence-corrected chi connectivity index (χ4v) is 4.34. The van der Waals surface area contributed by atoms with E-state index < -0.39 is 15.8 Å². The minimum absolute atomic E-state index is 0.0260. The van der Waals surface area contributed by atoms with Gasteiger partial charge in [0.05, 0.1) is 11.5 Å². The van der Waals surface area contributed by atoms with Crippen molar-refractivity contribution in [2.75, 3.05) is 6.54 Å². The van der Waals surface area contributed by atoms with E-state index in [1.54, 1.807) is 0 Å². The van der Waals surface area contributed by atoms with Crippen LogP contribution in [0.3, 0.4) is 0 Å². The van der Waals surface area contributed by atoms with Crippen molar-refractivity contribution >= 4 is 10.0 Å². The Kier molecular flexibility index (Phi) is 4.46. The van der Waals surface area contributed by atoms with E-state index in [2.05, 4.69) is 0 Å². The molecule has 2 rings (SSSR count). The molecule has 1 saturated carbocycles. The van der Waals surface area contributed by atoms with Crippen molar-refractivity contribution in [3.05, 3.63) is 29.1 Å². The summed E-state index contributed by atoms with van der Waals surface area (Å²) in [6.45, 7) is 3.44. The second-order valence-corrected chi connectivity index (χ2v) is 7.06. The van der Waals surface area contributed by atoms with E-state index in [1.807, 2.05) is 6.92 Å². The van der Waals surface area contributed by atoms with Gasteiger partial charge in [0, 0.05) is 18.2 Å². The summed E-state index contributed by atoms with van der Waals surface area (Å²) < 4.78 is 40.7. The van der Waals surface area contributed by atoms with E-state index in [9.17, 15) is 12.8 Å². The third-order valence-corrected chi connectivity index (χ3v) is 5.60. The molecule has 1 aliphatic carbocycles. The zero-order valence-corrected chi connectivity index (χ0v) is 12.6. The maximum absolute atomic E-state index is 13.8. The molecule has 0 unspecified atom stereocenters. The highest BCUT2D eigenvalue weighted by Crippen LogP contribution is 2.33. The summed E-state index contributed by atoms with van der Waals surface area (Å²) in [5.41, 5.74) is 0.392. The van der Waals surface area contributed by atoms with Crippen LogP contribution in [0.1, 0.15) is 37.3 Å². The summed E-state index contributed by atoms with van der Waals surface area (Å²) in [6, 6.07) is 2.59. The predicted octanol–water partition coefficient (Wildman–Crippen LogP) is 2.19. The molecule has 20 heavy (non-hydrogen) atoms. The quantitative estimate of drug-likeness (QED) is 0.876. The maximum atomic E-state index is 13.8. The third-order valence-electron chi connectivity index (χ3n) is 3.52. The lowest BCUT2D eigenvalue weighted by atomic mass is 10.1. The van der Waals surface area contributed by atoms with E-state index in [1.165, 1.54) is 23.4 Å². The van der Waals surface area contributed by atoms with E-state index in [4.69, 9.17) is 5.11 Å². The van der Waals surface area contributed by atoms with E-state index in [-0.39, 0.29) is 28.7 Å². The molecule has 0 aliphatic heterocycles. The normalized spacial score (nSPS) is 15.8. The van der Waals surface area contributed by atoms with Crippen molar-refractivity contribution in [1.29, 1.82) is 0 Å². The van der Waals surface area contributed by atoms with Gasteiger partial charge in [-0.2, -0.15) is 4.31 Å². The highest BCUT2D eigenvalue weighted by atomic mass is 32.2. The van der Waals surface area contributed by atoms with Crippen LogP contribution in [0, 0.1) is 12.7 Å². The average Bonchev–Trinajstić information content (AvgIpc) is 3.22. The number of nitrogens with zero attached hydrogens (tertiary/aromatic N) is 1. The summed E-state index contributed by atoms with van der Waals surface area (Å²) in [5, 5.41) is 9.13. The first-order chi connectivity index (χ1) is 9.41. The van der Waals surface area contributed by atoms with Crippen LogP contribution in [-0.2, 0) is 16.6 Å². The van der Waals surface area contributed by atoms with Crippen molar-refractivity contribution in [2.45, 2.75) is 50.7 Å². The number of aliphatic hydroxyl groups is 1. The second kappa shape index (κ2) is 5.79. The van der Waals surface area contributed by atoms with Crippen LogP contribution in [0.4, 0.5) is 4.39 Å². The minimum Gasteiger partial charge on any atom is -0.392 e. The van der Waals surface area contributed by atoms with Crippen LogP contribution in [0.25, 0.3) is 0 Å². The Balaban J connectivity index is 2.49. The molecule has 0 bridgehead atoms. The smallest absolute Gasteiger partial charge is 0.243 e. The van der Waals surface area contributed by atoms with Crippen LogP contribution in [0.2, 0.25) is 0 Å². The first kappa shape index (κ1) is 15.4. The predicted molar refractivity (Wildman–Crippen MR) is 74.3 cm³/mol. The number of hydrogen-bond acceptors (Lipinski definition) is 3. The molecule has 1 N–H and O–H groups in total. The van der Waals surface area contributed by atoms with Gasteiger partial charge >= 0.3 is 0 Å². The van der Waals surface area contributed by atoms with Crippen molar-refractivity contribution in [2.24, 2.45) is 0 Å². The fourth-order valence-electron chi connectivity index (χ4n) is 2.27. The summed E-state index contributed by atoms with van der Waals surface area (Å²) in [7, 11) is -3.70. The monoisotopic (exact) mass is 301 g/mol. The molecule has 0 heterocycles. The summed E-state index contributed by atoms with van der Waals surface area (Å²) in [5.74, 6) is -0.595. The van der Waals surface area contributed by atoms with Gasteiger partial charge in [0.15, 0.2) is 0 Å². The van der Waals surface area contributed by atoms with Gasteiger partial charge in [-0.1, -0.05) is 6.92 Å². The molecule has 0 saturated heterocycles. The van der Waals surface area contributed by atoms with Crippen molar-refractivity contribution in [1.82, 2.24) is 4.31 Å². The molecule has 4 nitrogen and oxygen atoms in total. The van der Waals surface area contributed by atoms with E-state index in [0.29, 0.717) is 6.54 Å². The Morgan fingerprint density at radius 3 is 2.55 bits per heavy atom. The molecule has 0 amide bonds. The number of benzene rings is 1. The Bertz CT molecular complexity index is 597. The van der Waals surface area contributed by atoms with E-state index >= 15 is 0 Å². The molecule has 1 aromatic carbocycles. The van der Waals surface area contributed by atoms with Gasteiger partial charge < -0.3 is 5.11 Å². The molecule has 1 aliphatic rings. The summed E-state index contributed by atoms with van der Waals surface area (Å²) in [6.07, 6.45) is 2.44. The van der Waals surface area contributed by atoms with Crippen LogP contribution in [-0.4, -0.2) is 30.4 Å². The average molecular weight is 301 g/mol.